The van der Waals surface area contributed by atoms with Crippen molar-refractivity contribution >= 4 is 39.7 Å². The first-order chi connectivity index (χ1) is 18.4. The van der Waals surface area contributed by atoms with E-state index in [-0.39, 0.29) is 23.4 Å². The number of anilines is 3. The number of hydrogen-bond donors (Lipinski definition) is 2. The number of morpholine rings is 1. The van der Waals surface area contributed by atoms with E-state index in [0.29, 0.717) is 60.5 Å². The van der Waals surface area contributed by atoms with Crippen molar-refractivity contribution in [2.24, 2.45) is 0 Å². The van der Waals surface area contributed by atoms with Crippen molar-refractivity contribution in [3.8, 4) is 22.6 Å². The van der Waals surface area contributed by atoms with Crippen LogP contribution in [0.2, 0.25) is 0 Å². The summed E-state index contributed by atoms with van der Waals surface area (Å²) in [5, 5.41) is 0. The molecule has 3 aromatic heterocycles. The standard InChI is InChI=1S/C26H27F2N7O2S/c1-16-14-17(15-30-24(16)29)25-32-21-7-6-19(31-23(21)26(33-25)35-9-11-37-12-10-35)18-4-2-5-20(22(18)28)34-38(36)13-3-8-27/h2,4-7,14-15,34H,3,8-13H2,1H3,(H2,29,30). The largest absolute Gasteiger partial charge is 0.593 e. The summed E-state index contributed by atoms with van der Waals surface area (Å²) in [5.41, 5.74) is 9.23. The van der Waals surface area contributed by atoms with Crippen molar-refractivity contribution < 1.29 is 18.1 Å². The van der Waals surface area contributed by atoms with Gasteiger partial charge in [0.25, 0.3) is 0 Å². The number of nitrogen functional groups attached to an aromatic ring is 1. The summed E-state index contributed by atoms with van der Waals surface area (Å²) < 4.78 is 48.2. The number of aromatic nitrogens is 4. The quantitative estimate of drug-likeness (QED) is 0.319. The van der Waals surface area contributed by atoms with Crippen LogP contribution in [0.25, 0.3) is 33.7 Å². The monoisotopic (exact) mass is 539 g/mol. The number of nitrogens with zero attached hydrogens (tertiary/aromatic N) is 5. The van der Waals surface area contributed by atoms with Crippen LogP contribution in [-0.4, -0.2) is 63.2 Å². The summed E-state index contributed by atoms with van der Waals surface area (Å²) in [6.45, 7) is 3.62. The second-order valence-electron chi connectivity index (χ2n) is 8.82. The van der Waals surface area contributed by atoms with Gasteiger partial charge in [-0.15, -0.1) is 0 Å². The van der Waals surface area contributed by atoms with Gasteiger partial charge >= 0.3 is 0 Å². The van der Waals surface area contributed by atoms with Crippen molar-refractivity contribution in [3.63, 3.8) is 0 Å². The molecule has 1 saturated heterocycles. The number of ether oxygens (including phenoxy) is 1. The van der Waals surface area contributed by atoms with Crippen LogP contribution in [0.5, 0.6) is 0 Å². The summed E-state index contributed by atoms with van der Waals surface area (Å²) in [4.78, 5) is 20.7. The van der Waals surface area contributed by atoms with Crippen molar-refractivity contribution in [2.75, 3.05) is 54.1 Å². The molecule has 38 heavy (non-hydrogen) atoms. The molecule has 0 radical (unpaired) electrons. The fraction of sp³-hybridized carbons (Fsp3) is 0.308. The van der Waals surface area contributed by atoms with Crippen LogP contribution in [0.1, 0.15) is 12.0 Å². The molecule has 9 nitrogen and oxygen atoms in total. The summed E-state index contributed by atoms with van der Waals surface area (Å²) in [5.74, 6) is 1.03. The molecule has 0 aliphatic carbocycles. The van der Waals surface area contributed by atoms with Crippen LogP contribution in [-0.2, 0) is 16.1 Å². The van der Waals surface area contributed by atoms with Crippen LogP contribution in [0.4, 0.5) is 26.1 Å². The smallest absolute Gasteiger partial charge is 0.163 e. The number of fused-ring (bicyclic) bond motifs is 1. The Morgan fingerprint density at radius 2 is 1.97 bits per heavy atom. The number of pyridine rings is 2. The van der Waals surface area contributed by atoms with E-state index in [2.05, 4.69) is 14.6 Å². The predicted molar refractivity (Wildman–Crippen MR) is 145 cm³/mol. The Hall–Kier alpha value is -3.61. The first-order valence-electron chi connectivity index (χ1n) is 12.2. The van der Waals surface area contributed by atoms with E-state index in [1.54, 1.807) is 30.5 Å². The number of benzene rings is 1. The van der Waals surface area contributed by atoms with Gasteiger partial charge in [-0.1, -0.05) is 6.07 Å². The van der Waals surface area contributed by atoms with Gasteiger partial charge in [0.2, 0.25) is 0 Å². The molecule has 1 aliphatic rings. The molecule has 1 aromatic carbocycles. The van der Waals surface area contributed by atoms with Gasteiger partial charge in [-0.3, -0.25) is 4.39 Å². The summed E-state index contributed by atoms with van der Waals surface area (Å²) >= 11 is -1.60. The topological polar surface area (TPSA) is 125 Å². The van der Waals surface area contributed by atoms with Crippen molar-refractivity contribution in [2.45, 2.75) is 13.3 Å². The van der Waals surface area contributed by atoms with Gasteiger partial charge < -0.3 is 19.9 Å². The minimum absolute atomic E-state index is 0.0628. The summed E-state index contributed by atoms with van der Waals surface area (Å²) in [7, 11) is 0. The Balaban J connectivity index is 1.58. The van der Waals surface area contributed by atoms with E-state index in [4.69, 9.17) is 25.4 Å². The molecular weight excluding hydrogens is 512 g/mol. The lowest BCUT2D eigenvalue weighted by atomic mass is 10.1. The second kappa shape index (κ2) is 11.4. The number of alkyl halides is 1. The summed E-state index contributed by atoms with van der Waals surface area (Å²) in [6, 6.07) is 10.1. The number of nitrogens with one attached hydrogen (secondary N) is 1. The molecule has 12 heteroatoms. The minimum atomic E-state index is -1.60. The maximum atomic E-state index is 15.5. The lowest BCUT2D eigenvalue weighted by Crippen LogP contribution is -2.37. The Bertz CT molecular complexity index is 1450. The number of hydrogen-bond acceptors (Lipinski definition) is 9. The van der Waals surface area contributed by atoms with E-state index in [0.717, 1.165) is 11.1 Å². The zero-order valence-corrected chi connectivity index (χ0v) is 21.6. The minimum Gasteiger partial charge on any atom is -0.593 e. The Morgan fingerprint density at radius 1 is 1.16 bits per heavy atom. The molecule has 3 N–H and O–H groups in total. The van der Waals surface area contributed by atoms with Crippen LogP contribution >= 0.6 is 0 Å². The Labute approximate surface area is 221 Å². The number of aryl methyl sites for hydroxylation is 1. The van der Waals surface area contributed by atoms with Crippen LogP contribution in [0.15, 0.2) is 42.6 Å². The van der Waals surface area contributed by atoms with E-state index < -0.39 is 23.9 Å². The highest BCUT2D eigenvalue weighted by atomic mass is 32.2. The fourth-order valence-corrected chi connectivity index (χ4v) is 5.03. The molecule has 1 aliphatic heterocycles. The van der Waals surface area contributed by atoms with Crippen LogP contribution in [0, 0.1) is 12.7 Å². The third kappa shape index (κ3) is 5.47. The van der Waals surface area contributed by atoms with Crippen molar-refractivity contribution in [3.05, 3.63) is 54.0 Å². The number of rotatable bonds is 8. The average Bonchev–Trinajstić information content (AvgIpc) is 2.94. The fourth-order valence-electron chi connectivity index (χ4n) is 4.15. The molecule has 4 aromatic rings. The highest BCUT2D eigenvalue weighted by Crippen LogP contribution is 2.32. The van der Waals surface area contributed by atoms with Gasteiger partial charge in [0.1, 0.15) is 22.8 Å². The molecule has 0 saturated carbocycles. The van der Waals surface area contributed by atoms with Gasteiger partial charge in [0.05, 0.1) is 42.5 Å². The molecule has 0 amide bonds. The predicted octanol–water partition coefficient (Wildman–Crippen LogP) is 4.06. The first kappa shape index (κ1) is 26.0. The molecule has 198 valence electrons. The zero-order chi connectivity index (χ0) is 26.6. The third-order valence-corrected chi connectivity index (χ3v) is 7.28. The molecule has 5 rings (SSSR count). The lowest BCUT2D eigenvalue weighted by molar-refractivity contribution is 0.122. The van der Waals surface area contributed by atoms with Crippen LogP contribution < -0.4 is 15.4 Å². The highest BCUT2D eigenvalue weighted by Gasteiger charge is 2.21. The first-order valence-corrected chi connectivity index (χ1v) is 13.5. The van der Waals surface area contributed by atoms with Crippen molar-refractivity contribution in [1.82, 2.24) is 19.9 Å². The van der Waals surface area contributed by atoms with E-state index in [9.17, 15) is 8.94 Å². The Kier molecular flexibility index (Phi) is 7.82. The van der Waals surface area contributed by atoms with Gasteiger partial charge in [-0.05, 0) is 42.8 Å². The second-order valence-corrected chi connectivity index (χ2v) is 10.1. The van der Waals surface area contributed by atoms with E-state index in [1.165, 1.54) is 6.07 Å². The van der Waals surface area contributed by atoms with E-state index >= 15 is 4.39 Å². The number of nitrogens with two attached hydrogens (primary N) is 1. The zero-order valence-electron chi connectivity index (χ0n) is 20.8. The molecule has 1 fully saturated rings. The third-order valence-electron chi connectivity index (χ3n) is 6.17. The summed E-state index contributed by atoms with van der Waals surface area (Å²) in [6.07, 6.45) is 1.77. The molecule has 1 atom stereocenters. The molecule has 0 bridgehead atoms. The van der Waals surface area contributed by atoms with Gasteiger partial charge in [0, 0.05) is 36.8 Å². The molecule has 0 spiro atoms. The molecule has 4 heterocycles. The van der Waals surface area contributed by atoms with Crippen LogP contribution in [0.3, 0.4) is 0 Å². The molecule has 1 unspecified atom stereocenters. The molecular formula is C26H27F2N7O2S. The lowest BCUT2D eigenvalue weighted by Gasteiger charge is -2.28. The van der Waals surface area contributed by atoms with Gasteiger partial charge in [0.15, 0.2) is 17.5 Å². The normalized spacial score (nSPS) is 14.6. The Morgan fingerprint density at radius 3 is 2.74 bits per heavy atom. The highest BCUT2D eigenvalue weighted by molar-refractivity contribution is 7.92. The average molecular weight is 540 g/mol. The van der Waals surface area contributed by atoms with Crippen molar-refractivity contribution in [1.29, 1.82) is 0 Å². The van der Waals surface area contributed by atoms with Gasteiger partial charge in [-0.2, -0.15) is 0 Å². The number of halogens is 2. The maximum Gasteiger partial charge on any atom is 0.163 e. The van der Waals surface area contributed by atoms with E-state index in [1.807, 2.05) is 13.0 Å². The maximum absolute atomic E-state index is 15.5. The SMILES string of the molecule is Cc1cc(-c2nc(N3CCOCC3)c3nc(-c4cccc(N[S+]([O-])CCCF)c4F)ccc3n2)cnc1N. The van der Waals surface area contributed by atoms with Gasteiger partial charge in [-0.25, -0.2) is 29.0 Å².